The first-order chi connectivity index (χ1) is 11.6. The van der Waals surface area contributed by atoms with Crippen molar-refractivity contribution in [2.24, 2.45) is 0 Å². The number of ether oxygens (including phenoxy) is 1. The van der Waals surface area contributed by atoms with Gasteiger partial charge in [0, 0.05) is 31.5 Å². The minimum atomic E-state index is -0.915. The number of nitrogens with one attached hydrogen (secondary N) is 3. The molecular formula is C17H19F2N3O2. The first-order valence-electron chi connectivity index (χ1n) is 7.44. The third-order valence-electron chi connectivity index (χ3n) is 3.21. The molecule has 2 aromatic rings. The fourth-order valence-electron chi connectivity index (χ4n) is 1.93. The zero-order valence-electron chi connectivity index (χ0n) is 13.2. The fraction of sp³-hybridized carbons (Fsp3) is 0.235. The van der Waals surface area contributed by atoms with Gasteiger partial charge in [-0.3, -0.25) is 4.79 Å². The molecule has 0 saturated carbocycles. The standard InChI is InChI=1S/C17H19F2N3O2/c1-20-12-2-5-14(6-3-12)24-11-17(23)22-9-8-21-13-4-7-15(18)16(19)10-13/h2-7,10,20-21H,8-9,11H2,1H3,(H,22,23). The van der Waals surface area contributed by atoms with Gasteiger partial charge < -0.3 is 20.7 Å². The molecule has 2 aromatic carbocycles. The van der Waals surface area contributed by atoms with Crippen molar-refractivity contribution in [3.63, 3.8) is 0 Å². The molecule has 1 amide bonds. The van der Waals surface area contributed by atoms with Crippen molar-refractivity contribution < 1.29 is 18.3 Å². The summed E-state index contributed by atoms with van der Waals surface area (Å²) in [7, 11) is 1.82. The molecular weight excluding hydrogens is 316 g/mol. The number of benzene rings is 2. The molecule has 128 valence electrons. The van der Waals surface area contributed by atoms with Crippen LogP contribution < -0.4 is 20.7 Å². The first-order valence-corrected chi connectivity index (χ1v) is 7.44. The highest BCUT2D eigenvalue weighted by Gasteiger charge is 2.04. The summed E-state index contributed by atoms with van der Waals surface area (Å²) < 4.78 is 31.2. The topological polar surface area (TPSA) is 62.4 Å². The lowest BCUT2D eigenvalue weighted by Crippen LogP contribution is -2.32. The number of hydrogen-bond donors (Lipinski definition) is 3. The summed E-state index contributed by atoms with van der Waals surface area (Å²) >= 11 is 0. The second-order valence-electron chi connectivity index (χ2n) is 4.97. The Morgan fingerprint density at radius 1 is 1.00 bits per heavy atom. The van der Waals surface area contributed by atoms with Crippen LogP contribution in [0.1, 0.15) is 0 Å². The highest BCUT2D eigenvalue weighted by atomic mass is 19.2. The molecule has 0 unspecified atom stereocenters. The lowest BCUT2D eigenvalue weighted by molar-refractivity contribution is -0.123. The van der Waals surface area contributed by atoms with Crippen molar-refractivity contribution in [2.45, 2.75) is 0 Å². The molecule has 7 heteroatoms. The Kier molecular flexibility index (Phi) is 6.36. The number of amides is 1. The monoisotopic (exact) mass is 335 g/mol. The van der Waals surface area contributed by atoms with Gasteiger partial charge in [-0.05, 0) is 42.5 Å². The lowest BCUT2D eigenvalue weighted by atomic mass is 10.3. The van der Waals surface area contributed by atoms with Crippen molar-refractivity contribution in [1.82, 2.24) is 5.32 Å². The molecule has 0 saturated heterocycles. The molecule has 0 aromatic heterocycles. The highest BCUT2D eigenvalue weighted by Crippen LogP contribution is 2.15. The summed E-state index contributed by atoms with van der Waals surface area (Å²) in [6, 6.07) is 10.8. The molecule has 24 heavy (non-hydrogen) atoms. The van der Waals surface area contributed by atoms with Crippen LogP contribution in [-0.4, -0.2) is 32.7 Å². The number of carbonyl (C=O) groups excluding carboxylic acids is 1. The van der Waals surface area contributed by atoms with Crippen molar-refractivity contribution in [3.8, 4) is 5.75 Å². The van der Waals surface area contributed by atoms with Crippen LogP contribution in [0.25, 0.3) is 0 Å². The summed E-state index contributed by atoms with van der Waals surface area (Å²) in [6.07, 6.45) is 0. The maximum absolute atomic E-state index is 13.0. The van der Waals surface area contributed by atoms with E-state index < -0.39 is 11.6 Å². The minimum absolute atomic E-state index is 0.0932. The van der Waals surface area contributed by atoms with E-state index in [1.165, 1.54) is 6.07 Å². The number of rotatable bonds is 8. The van der Waals surface area contributed by atoms with Crippen LogP contribution in [0.2, 0.25) is 0 Å². The molecule has 2 rings (SSSR count). The van der Waals surface area contributed by atoms with Gasteiger partial charge in [-0.25, -0.2) is 8.78 Å². The normalized spacial score (nSPS) is 10.1. The summed E-state index contributed by atoms with van der Waals surface area (Å²) in [5, 5.41) is 8.54. The van der Waals surface area contributed by atoms with Crippen LogP contribution in [0, 0.1) is 11.6 Å². The molecule has 0 spiro atoms. The van der Waals surface area contributed by atoms with Gasteiger partial charge in [0.25, 0.3) is 5.91 Å². The second-order valence-corrected chi connectivity index (χ2v) is 4.97. The van der Waals surface area contributed by atoms with Gasteiger partial charge in [0.15, 0.2) is 18.2 Å². The van der Waals surface area contributed by atoms with Crippen molar-refractivity contribution >= 4 is 17.3 Å². The SMILES string of the molecule is CNc1ccc(OCC(=O)NCCNc2ccc(F)c(F)c2)cc1. The number of carbonyl (C=O) groups is 1. The van der Waals surface area contributed by atoms with Crippen LogP contribution in [0.15, 0.2) is 42.5 Å². The van der Waals surface area contributed by atoms with E-state index in [4.69, 9.17) is 4.74 Å². The van der Waals surface area contributed by atoms with E-state index in [0.717, 1.165) is 17.8 Å². The molecule has 3 N–H and O–H groups in total. The second kappa shape index (κ2) is 8.71. The van der Waals surface area contributed by atoms with Crippen molar-refractivity contribution in [3.05, 3.63) is 54.1 Å². The van der Waals surface area contributed by atoms with E-state index >= 15 is 0 Å². The van der Waals surface area contributed by atoms with E-state index in [1.54, 1.807) is 12.1 Å². The van der Waals surface area contributed by atoms with Crippen LogP contribution in [0.4, 0.5) is 20.2 Å². The molecule has 0 radical (unpaired) electrons. The van der Waals surface area contributed by atoms with Crippen LogP contribution in [-0.2, 0) is 4.79 Å². The summed E-state index contributed by atoms with van der Waals surface area (Å²) in [4.78, 5) is 11.7. The van der Waals surface area contributed by atoms with E-state index in [-0.39, 0.29) is 12.5 Å². The van der Waals surface area contributed by atoms with E-state index in [1.807, 2.05) is 19.2 Å². The maximum Gasteiger partial charge on any atom is 0.258 e. The molecule has 5 nitrogen and oxygen atoms in total. The lowest BCUT2D eigenvalue weighted by Gasteiger charge is -2.09. The van der Waals surface area contributed by atoms with Gasteiger partial charge in [-0.1, -0.05) is 0 Å². The molecule has 0 aliphatic heterocycles. The smallest absolute Gasteiger partial charge is 0.258 e. The molecule has 0 fully saturated rings. The van der Waals surface area contributed by atoms with Crippen LogP contribution >= 0.6 is 0 Å². The Morgan fingerprint density at radius 2 is 1.71 bits per heavy atom. The average molecular weight is 335 g/mol. The first kappa shape index (κ1) is 17.5. The third-order valence-corrected chi connectivity index (χ3v) is 3.21. The molecule has 0 bridgehead atoms. The zero-order valence-corrected chi connectivity index (χ0v) is 13.2. The Morgan fingerprint density at radius 3 is 2.38 bits per heavy atom. The van der Waals surface area contributed by atoms with Gasteiger partial charge >= 0.3 is 0 Å². The molecule has 0 heterocycles. The number of hydrogen-bond acceptors (Lipinski definition) is 4. The van der Waals surface area contributed by atoms with Crippen molar-refractivity contribution in [2.75, 3.05) is 37.4 Å². The van der Waals surface area contributed by atoms with Gasteiger partial charge in [0.05, 0.1) is 0 Å². The number of halogens is 2. The Bertz CT molecular complexity index is 678. The summed E-state index contributed by atoms with van der Waals surface area (Å²) in [6.45, 7) is 0.623. The highest BCUT2D eigenvalue weighted by molar-refractivity contribution is 5.77. The molecule has 0 atom stereocenters. The Hall–Kier alpha value is -2.83. The fourth-order valence-corrected chi connectivity index (χ4v) is 1.93. The molecule has 0 aliphatic rings. The van der Waals surface area contributed by atoms with E-state index in [2.05, 4.69) is 16.0 Å². The van der Waals surface area contributed by atoms with Gasteiger partial charge in [0.2, 0.25) is 0 Å². The largest absolute Gasteiger partial charge is 0.484 e. The van der Waals surface area contributed by atoms with Crippen LogP contribution in [0.3, 0.4) is 0 Å². The van der Waals surface area contributed by atoms with E-state index in [0.29, 0.717) is 24.5 Å². The van der Waals surface area contributed by atoms with E-state index in [9.17, 15) is 13.6 Å². The Balaban J connectivity index is 1.64. The predicted molar refractivity (Wildman–Crippen MR) is 89.3 cm³/mol. The van der Waals surface area contributed by atoms with Gasteiger partial charge in [-0.2, -0.15) is 0 Å². The maximum atomic E-state index is 13.0. The Labute approximate surface area is 139 Å². The van der Waals surface area contributed by atoms with Gasteiger partial charge in [0.1, 0.15) is 5.75 Å². The summed E-state index contributed by atoms with van der Waals surface area (Å²) in [5.41, 5.74) is 1.40. The predicted octanol–water partition coefficient (Wildman–Crippen LogP) is 2.61. The van der Waals surface area contributed by atoms with Crippen molar-refractivity contribution in [1.29, 1.82) is 0 Å². The minimum Gasteiger partial charge on any atom is -0.484 e. The quantitative estimate of drug-likeness (QED) is 0.649. The summed E-state index contributed by atoms with van der Waals surface area (Å²) in [5.74, 6) is -1.47. The third kappa shape index (κ3) is 5.42. The zero-order chi connectivity index (χ0) is 17.4. The molecule has 0 aliphatic carbocycles. The average Bonchev–Trinajstić information content (AvgIpc) is 2.60. The number of anilines is 2. The van der Waals surface area contributed by atoms with Crippen LogP contribution in [0.5, 0.6) is 5.75 Å². The van der Waals surface area contributed by atoms with Gasteiger partial charge in [-0.15, -0.1) is 0 Å².